The Hall–Kier alpha value is -0.120. The fourth-order valence-corrected chi connectivity index (χ4v) is 3.18. The number of nitrogens with zero attached hydrogens (tertiary/aromatic N) is 2. The zero-order valence-corrected chi connectivity index (χ0v) is 10.9. The SMILES string of the molecule is CC1CCCC1N(C)CCN1CCNCC1. The smallest absolute Gasteiger partial charge is 0.0118 e. The van der Waals surface area contributed by atoms with Gasteiger partial charge >= 0.3 is 0 Å². The maximum Gasteiger partial charge on any atom is 0.0118 e. The zero-order valence-electron chi connectivity index (χ0n) is 10.9. The molecule has 0 radical (unpaired) electrons. The van der Waals surface area contributed by atoms with E-state index >= 15 is 0 Å². The van der Waals surface area contributed by atoms with Crippen LogP contribution in [0.5, 0.6) is 0 Å². The Kier molecular flexibility index (Phi) is 4.62. The fourth-order valence-electron chi connectivity index (χ4n) is 3.18. The third-order valence-electron chi connectivity index (χ3n) is 4.36. The monoisotopic (exact) mass is 225 g/mol. The van der Waals surface area contributed by atoms with Gasteiger partial charge in [0.15, 0.2) is 0 Å². The van der Waals surface area contributed by atoms with E-state index in [1.807, 2.05) is 0 Å². The van der Waals surface area contributed by atoms with E-state index in [-0.39, 0.29) is 0 Å². The summed E-state index contributed by atoms with van der Waals surface area (Å²) >= 11 is 0. The Bertz CT molecular complexity index is 201. The van der Waals surface area contributed by atoms with Gasteiger partial charge in [-0.2, -0.15) is 0 Å². The predicted molar refractivity (Wildman–Crippen MR) is 68.7 cm³/mol. The van der Waals surface area contributed by atoms with Crippen molar-refractivity contribution < 1.29 is 0 Å². The lowest BCUT2D eigenvalue weighted by Gasteiger charge is -2.32. The Balaban J connectivity index is 1.68. The summed E-state index contributed by atoms with van der Waals surface area (Å²) in [6.45, 7) is 9.71. The molecule has 94 valence electrons. The van der Waals surface area contributed by atoms with Crippen molar-refractivity contribution >= 4 is 0 Å². The summed E-state index contributed by atoms with van der Waals surface area (Å²) in [6.07, 6.45) is 4.28. The normalized spacial score (nSPS) is 32.4. The summed E-state index contributed by atoms with van der Waals surface area (Å²) in [5, 5.41) is 3.41. The topological polar surface area (TPSA) is 18.5 Å². The summed E-state index contributed by atoms with van der Waals surface area (Å²) in [5.41, 5.74) is 0. The molecule has 0 aromatic rings. The van der Waals surface area contributed by atoms with Crippen LogP contribution in [-0.2, 0) is 0 Å². The Labute approximate surface area is 100 Å². The maximum absolute atomic E-state index is 3.41. The van der Waals surface area contributed by atoms with Gasteiger partial charge in [0.1, 0.15) is 0 Å². The molecule has 2 atom stereocenters. The molecule has 0 aromatic heterocycles. The van der Waals surface area contributed by atoms with Crippen LogP contribution in [0.4, 0.5) is 0 Å². The minimum Gasteiger partial charge on any atom is -0.314 e. The molecule has 0 spiro atoms. The third kappa shape index (κ3) is 3.19. The second-order valence-electron chi connectivity index (χ2n) is 5.55. The second-order valence-corrected chi connectivity index (χ2v) is 5.55. The molecule has 0 amide bonds. The highest BCUT2D eigenvalue weighted by molar-refractivity contribution is 4.82. The minimum atomic E-state index is 0.850. The van der Waals surface area contributed by atoms with E-state index in [4.69, 9.17) is 0 Å². The maximum atomic E-state index is 3.41. The van der Waals surface area contributed by atoms with Gasteiger partial charge in [0.2, 0.25) is 0 Å². The highest BCUT2D eigenvalue weighted by atomic mass is 15.2. The quantitative estimate of drug-likeness (QED) is 0.770. The summed E-state index contributed by atoms with van der Waals surface area (Å²) < 4.78 is 0. The molecule has 0 bridgehead atoms. The van der Waals surface area contributed by atoms with Crippen LogP contribution >= 0.6 is 0 Å². The average Bonchev–Trinajstić information content (AvgIpc) is 2.74. The first kappa shape index (κ1) is 12.3. The van der Waals surface area contributed by atoms with Crippen LogP contribution in [0.15, 0.2) is 0 Å². The number of hydrogen-bond donors (Lipinski definition) is 1. The van der Waals surface area contributed by atoms with Crippen molar-refractivity contribution in [2.45, 2.75) is 32.2 Å². The van der Waals surface area contributed by atoms with Crippen LogP contribution < -0.4 is 5.32 Å². The van der Waals surface area contributed by atoms with E-state index in [1.165, 1.54) is 58.5 Å². The summed E-state index contributed by atoms with van der Waals surface area (Å²) in [7, 11) is 2.31. The van der Waals surface area contributed by atoms with Crippen LogP contribution in [0, 0.1) is 5.92 Å². The lowest BCUT2D eigenvalue weighted by molar-refractivity contribution is 0.160. The Morgan fingerprint density at radius 1 is 1.25 bits per heavy atom. The first-order valence-electron chi connectivity index (χ1n) is 6.90. The Morgan fingerprint density at radius 3 is 2.62 bits per heavy atom. The molecule has 2 rings (SSSR count). The van der Waals surface area contributed by atoms with Gasteiger partial charge in [0.05, 0.1) is 0 Å². The summed E-state index contributed by atoms with van der Waals surface area (Å²) in [6, 6.07) is 0.850. The molecule has 1 saturated carbocycles. The van der Waals surface area contributed by atoms with Crippen molar-refractivity contribution in [1.29, 1.82) is 0 Å². The lowest BCUT2D eigenvalue weighted by Crippen LogP contribution is -2.47. The number of likely N-dealkylation sites (N-methyl/N-ethyl adjacent to an activating group) is 1. The molecule has 2 unspecified atom stereocenters. The van der Waals surface area contributed by atoms with Gasteiger partial charge in [-0.05, 0) is 25.8 Å². The predicted octanol–water partition coefficient (Wildman–Crippen LogP) is 1.01. The van der Waals surface area contributed by atoms with Crippen molar-refractivity contribution in [1.82, 2.24) is 15.1 Å². The van der Waals surface area contributed by atoms with Gasteiger partial charge in [-0.1, -0.05) is 13.3 Å². The van der Waals surface area contributed by atoms with Gasteiger partial charge < -0.3 is 10.2 Å². The second kappa shape index (κ2) is 5.99. The molecule has 1 heterocycles. The molecule has 1 saturated heterocycles. The van der Waals surface area contributed by atoms with E-state index in [1.54, 1.807) is 0 Å². The van der Waals surface area contributed by atoms with Crippen LogP contribution in [0.3, 0.4) is 0 Å². The molecule has 1 aliphatic carbocycles. The van der Waals surface area contributed by atoms with Gasteiger partial charge in [0, 0.05) is 45.3 Å². The Morgan fingerprint density at radius 2 is 2.00 bits per heavy atom. The molecule has 0 aromatic carbocycles. The molecule has 2 aliphatic rings. The molecular weight excluding hydrogens is 198 g/mol. The molecule has 1 N–H and O–H groups in total. The van der Waals surface area contributed by atoms with Crippen LogP contribution in [-0.4, -0.2) is 62.2 Å². The van der Waals surface area contributed by atoms with E-state index < -0.39 is 0 Å². The largest absolute Gasteiger partial charge is 0.314 e. The average molecular weight is 225 g/mol. The molecule has 3 nitrogen and oxygen atoms in total. The lowest BCUT2D eigenvalue weighted by atomic mass is 10.1. The molecule has 2 fully saturated rings. The van der Waals surface area contributed by atoms with Crippen LogP contribution in [0.1, 0.15) is 26.2 Å². The standard InChI is InChI=1S/C13H27N3/c1-12-4-3-5-13(12)15(2)10-11-16-8-6-14-7-9-16/h12-14H,3-11H2,1-2H3. The van der Waals surface area contributed by atoms with Crippen molar-refractivity contribution in [3.05, 3.63) is 0 Å². The molecule has 1 aliphatic heterocycles. The fraction of sp³-hybridized carbons (Fsp3) is 1.00. The van der Waals surface area contributed by atoms with Gasteiger partial charge in [0.25, 0.3) is 0 Å². The highest BCUT2D eigenvalue weighted by Crippen LogP contribution is 2.28. The van der Waals surface area contributed by atoms with E-state index in [9.17, 15) is 0 Å². The number of hydrogen-bond acceptors (Lipinski definition) is 3. The highest BCUT2D eigenvalue weighted by Gasteiger charge is 2.26. The molecule has 16 heavy (non-hydrogen) atoms. The summed E-state index contributed by atoms with van der Waals surface area (Å²) in [4.78, 5) is 5.19. The van der Waals surface area contributed by atoms with Crippen molar-refractivity contribution in [3.63, 3.8) is 0 Å². The first-order valence-corrected chi connectivity index (χ1v) is 6.90. The molecule has 3 heteroatoms. The zero-order chi connectivity index (χ0) is 11.4. The third-order valence-corrected chi connectivity index (χ3v) is 4.36. The van der Waals surface area contributed by atoms with Gasteiger partial charge in [-0.15, -0.1) is 0 Å². The van der Waals surface area contributed by atoms with E-state index in [0.29, 0.717) is 0 Å². The van der Waals surface area contributed by atoms with Crippen molar-refractivity contribution in [3.8, 4) is 0 Å². The first-order chi connectivity index (χ1) is 7.77. The number of piperazine rings is 1. The van der Waals surface area contributed by atoms with Crippen LogP contribution in [0.2, 0.25) is 0 Å². The minimum absolute atomic E-state index is 0.850. The number of nitrogens with one attached hydrogen (secondary N) is 1. The van der Waals surface area contributed by atoms with Crippen molar-refractivity contribution in [2.75, 3.05) is 46.3 Å². The molecular formula is C13H27N3. The number of rotatable bonds is 4. The van der Waals surface area contributed by atoms with Crippen LogP contribution in [0.25, 0.3) is 0 Å². The van der Waals surface area contributed by atoms with Gasteiger partial charge in [-0.25, -0.2) is 0 Å². The summed E-state index contributed by atoms with van der Waals surface area (Å²) in [5.74, 6) is 0.910. The van der Waals surface area contributed by atoms with E-state index in [2.05, 4.69) is 29.1 Å². The van der Waals surface area contributed by atoms with E-state index in [0.717, 1.165) is 12.0 Å². The van der Waals surface area contributed by atoms with Crippen molar-refractivity contribution in [2.24, 2.45) is 5.92 Å². The van der Waals surface area contributed by atoms with Gasteiger partial charge in [-0.3, -0.25) is 4.90 Å².